The first-order chi connectivity index (χ1) is 7.66. The van der Waals surface area contributed by atoms with E-state index in [4.69, 9.17) is 0 Å². The van der Waals surface area contributed by atoms with Gasteiger partial charge in [0.2, 0.25) is 0 Å². The average molecular weight is 220 g/mol. The van der Waals surface area contributed by atoms with E-state index in [-0.39, 0.29) is 5.92 Å². The zero-order valence-corrected chi connectivity index (χ0v) is 10.2. The van der Waals surface area contributed by atoms with Crippen molar-refractivity contribution in [3.8, 4) is 0 Å². The van der Waals surface area contributed by atoms with E-state index in [2.05, 4.69) is 11.2 Å². The lowest BCUT2D eigenvalue weighted by molar-refractivity contribution is -0.122. The van der Waals surface area contributed by atoms with Gasteiger partial charge >= 0.3 is 0 Å². The van der Waals surface area contributed by atoms with E-state index < -0.39 is 0 Å². The number of ketones is 1. The smallest absolute Gasteiger partial charge is 0.136 e. The molecule has 1 heterocycles. The van der Waals surface area contributed by atoms with Crippen LogP contribution in [0.2, 0.25) is 0 Å². The van der Waals surface area contributed by atoms with Gasteiger partial charge in [-0.25, -0.2) is 0 Å². The van der Waals surface area contributed by atoms with E-state index in [1.165, 1.54) is 18.5 Å². The summed E-state index contributed by atoms with van der Waals surface area (Å²) in [5, 5.41) is 4.33. The summed E-state index contributed by atoms with van der Waals surface area (Å²) in [5.74, 6) is 0.689. The van der Waals surface area contributed by atoms with Crippen LogP contribution >= 0.6 is 0 Å². The van der Waals surface area contributed by atoms with Crippen LogP contribution in [0.1, 0.15) is 43.5 Å². The minimum Gasteiger partial charge on any atom is -0.299 e. The first kappa shape index (κ1) is 11.4. The molecule has 1 atom stereocenters. The molecule has 1 aromatic rings. The molecule has 0 radical (unpaired) electrons. The summed E-state index contributed by atoms with van der Waals surface area (Å²) in [6.45, 7) is 2.00. The Morgan fingerprint density at radius 2 is 2.25 bits per heavy atom. The number of aryl methyl sites for hydroxylation is 2. The zero-order valence-electron chi connectivity index (χ0n) is 10.2. The highest BCUT2D eigenvalue weighted by molar-refractivity contribution is 5.81. The van der Waals surface area contributed by atoms with Gasteiger partial charge in [0, 0.05) is 25.1 Å². The maximum atomic E-state index is 11.9. The minimum atomic E-state index is 0.234. The molecule has 0 amide bonds. The molecule has 2 rings (SSSR count). The Morgan fingerprint density at radius 3 is 2.94 bits per heavy atom. The van der Waals surface area contributed by atoms with Crippen molar-refractivity contribution >= 4 is 5.78 Å². The standard InChI is InChI=1S/C13H20N2O/c1-10-8-12(15(2)14-10)9-11-6-4-3-5-7-13(11)16/h8,11H,3-7,9H2,1-2H3. The van der Waals surface area contributed by atoms with Crippen LogP contribution in [0.5, 0.6) is 0 Å². The van der Waals surface area contributed by atoms with E-state index >= 15 is 0 Å². The Labute approximate surface area is 96.8 Å². The van der Waals surface area contributed by atoms with Gasteiger partial charge in [-0.2, -0.15) is 5.10 Å². The van der Waals surface area contributed by atoms with Gasteiger partial charge in [-0.15, -0.1) is 0 Å². The van der Waals surface area contributed by atoms with Crippen molar-refractivity contribution in [2.24, 2.45) is 13.0 Å². The highest BCUT2D eigenvalue weighted by Gasteiger charge is 2.22. The van der Waals surface area contributed by atoms with Gasteiger partial charge in [-0.3, -0.25) is 9.48 Å². The van der Waals surface area contributed by atoms with Crippen LogP contribution in [0.25, 0.3) is 0 Å². The average Bonchev–Trinajstić information content (AvgIpc) is 2.43. The van der Waals surface area contributed by atoms with Gasteiger partial charge < -0.3 is 0 Å². The van der Waals surface area contributed by atoms with Crippen LogP contribution in [0.3, 0.4) is 0 Å². The molecule has 1 aromatic heterocycles. The summed E-state index contributed by atoms with van der Waals surface area (Å²) < 4.78 is 1.91. The topological polar surface area (TPSA) is 34.9 Å². The molecule has 3 heteroatoms. The molecule has 1 aliphatic rings. The minimum absolute atomic E-state index is 0.234. The second-order valence-electron chi connectivity index (χ2n) is 4.87. The van der Waals surface area contributed by atoms with Crippen LogP contribution in [0.15, 0.2) is 6.07 Å². The molecule has 0 bridgehead atoms. The van der Waals surface area contributed by atoms with E-state index in [1.54, 1.807) is 0 Å². The molecular weight excluding hydrogens is 200 g/mol. The Kier molecular flexibility index (Phi) is 3.42. The van der Waals surface area contributed by atoms with Gasteiger partial charge in [0.15, 0.2) is 0 Å². The molecular formula is C13H20N2O. The molecule has 16 heavy (non-hydrogen) atoms. The number of carbonyl (C=O) groups excluding carboxylic acids is 1. The molecule has 88 valence electrons. The SMILES string of the molecule is Cc1cc(CC2CCCCCC2=O)n(C)n1. The van der Waals surface area contributed by atoms with Crippen molar-refractivity contribution in [2.45, 2.75) is 45.4 Å². The predicted octanol–water partition coefficient (Wildman–Crippen LogP) is 2.42. The van der Waals surface area contributed by atoms with Gasteiger partial charge in [0.05, 0.1) is 5.69 Å². The lowest BCUT2D eigenvalue weighted by Crippen LogP contribution is -2.17. The Hall–Kier alpha value is -1.12. The number of hydrogen-bond acceptors (Lipinski definition) is 2. The number of carbonyl (C=O) groups is 1. The van der Waals surface area contributed by atoms with Crippen molar-refractivity contribution in [3.05, 3.63) is 17.5 Å². The van der Waals surface area contributed by atoms with Crippen molar-refractivity contribution in [1.82, 2.24) is 9.78 Å². The summed E-state index contributed by atoms with van der Waals surface area (Å²) in [4.78, 5) is 11.9. The molecule has 0 saturated heterocycles. The predicted molar refractivity (Wildman–Crippen MR) is 63.2 cm³/mol. The molecule has 1 fully saturated rings. The number of hydrogen-bond donors (Lipinski definition) is 0. The number of rotatable bonds is 2. The van der Waals surface area contributed by atoms with Crippen LogP contribution < -0.4 is 0 Å². The second kappa shape index (κ2) is 4.81. The third-order valence-corrected chi connectivity index (χ3v) is 3.49. The van der Waals surface area contributed by atoms with Crippen molar-refractivity contribution in [1.29, 1.82) is 0 Å². The maximum Gasteiger partial charge on any atom is 0.136 e. The number of aromatic nitrogens is 2. The lowest BCUT2D eigenvalue weighted by atomic mass is 9.93. The third kappa shape index (κ3) is 2.52. The fraction of sp³-hybridized carbons (Fsp3) is 0.692. The normalized spacial score (nSPS) is 22.1. The van der Waals surface area contributed by atoms with Gasteiger partial charge in [0.25, 0.3) is 0 Å². The summed E-state index contributed by atoms with van der Waals surface area (Å²) in [6, 6.07) is 2.10. The van der Waals surface area contributed by atoms with Crippen molar-refractivity contribution in [3.63, 3.8) is 0 Å². The Morgan fingerprint density at radius 1 is 1.44 bits per heavy atom. The second-order valence-corrected chi connectivity index (χ2v) is 4.87. The van der Waals surface area contributed by atoms with Crippen LogP contribution in [0, 0.1) is 12.8 Å². The molecule has 3 nitrogen and oxygen atoms in total. The van der Waals surface area contributed by atoms with Crippen LogP contribution in [0.4, 0.5) is 0 Å². The van der Waals surface area contributed by atoms with Crippen molar-refractivity contribution in [2.75, 3.05) is 0 Å². The Bertz CT molecular complexity index is 381. The largest absolute Gasteiger partial charge is 0.299 e. The first-order valence-corrected chi connectivity index (χ1v) is 6.19. The van der Waals surface area contributed by atoms with Gasteiger partial charge in [0.1, 0.15) is 5.78 Å². The number of nitrogens with zero attached hydrogens (tertiary/aromatic N) is 2. The summed E-state index contributed by atoms with van der Waals surface area (Å²) in [5.41, 5.74) is 2.23. The van der Waals surface area contributed by atoms with Crippen LogP contribution in [-0.4, -0.2) is 15.6 Å². The monoisotopic (exact) mass is 220 g/mol. The first-order valence-electron chi connectivity index (χ1n) is 6.19. The fourth-order valence-corrected chi connectivity index (χ4v) is 2.56. The molecule has 1 aliphatic carbocycles. The highest BCUT2D eigenvalue weighted by atomic mass is 16.1. The maximum absolute atomic E-state index is 11.9. The summed E-state index contributed by atoms with van der Waals surface area (Å²) in [6.07, 6.45) is 6.21. The number of Topliss-reactive ketones (excluding diaryl/α,β-unsaturated/α-hetero) is 1. The van der Waals surface area contributed by atoms with Gasteiger partial charge in [-0.05, 0) is 32.3 Å². The quantitative estimate of drug-likeness (QED) is 0.717. The molecule has 0 aliphatic heterocycles. The third-order valence-electron chi connectivity index (χ3n) is 3.49. The van der Waals surface area contributed by atoms with E-state index in [9.17, 15) is 4.79 Å². The summed E-state index contributed by atoms with van der Waals surface area (Å²) in [7, 11) is 1.96. The lowest BCUT2D eigenvalue weighted by Gasteiger charge is -2.12. The van der Waals surface area contributed by atoms with Gasteiger partial charge in [-0.1, -0.05) is 12.8 Å². The Balaban J connectivity index is 2.07. The van der Waals surface area contributed by atoms with E-state index in [0.717, 1.165) is 31.4 Å². The molecule has 1 saturated carbocycles. The van der Waals surface area contributed by atoms with E-state index in [1.807, 2.05) is 18.7 Å². The fourth-order valence-electron chi connectivity index (χ4n) is 2.56. The molecule has 1 unspecified atom stereocenters. The van der Waals surface area contributed by atoms with E-state index in [0.29, 0.717) is 5.78 Å². The summed E-state index contributed by atoms with van der Waals surface area (Å²) >= 11 is 0. The van der Waals surface area contributed by atoms with Crippen LogP contribution in [-0.2, 0) is 18.3 Å². The molecule has 0 spiro atoms. The molecule has 0 N–H and O–H groups in total. The zero-order chi connectivity index (χ0) is 11.5. The highest BCUT2D eigenvalue weighted by Crippen LogP contribution is 2.23. The van der Waals surface area contributed by atoms with Crippen molar-refractivity contribution < 1.29 is 4.79 Å². The molecule has 0 aromatic carbocycles.